The number of carbonyl (C=O) groups excluding carboxylic acids is 2. The van der Waals surface area contributed by atoms with E-state index in [1.165, 1.54) is 24.3 Å². The molecule has 0 spiro atoms. The molecule has 41 heavy (non-hydrogen) atoms. The van der Waals surface area contributed by atoms with Gasteiger partial charge in [-0.25, -0.2) is 13.8 Å². The molecule has 9 heteroatoms. The van der Waals surface area contributed by atoms with E-state index in [1.807, 2.05) is 30.9 Å². The van der Waals surface area contributed by atoms with Crippen LogP contribution in [0.1, 0.15) is 38.7 Å². The van der Waals surface area contributed by atoms with Crippen molar-refractivity contribution >= 4 is 24.5 Å². The smallest absolute Gasteiger partial charge is 0.215 e. The lowest BCUT2D eigenvalue weighted by Gasteiger charge is -2.38. The van der Waals surface area contributed by atoms with Crippen LogP contribution < -0.4 is 10.2 Å². The summed E-state index contributed by atoms with van der Waals surface area (Å²) in [5.41, 5.74) is 1.09. The monoisotopic (exact) mass is 561 g/mol. The second-order valence-corrected chi connectivity index (χ2v) is 10.5. The van der Waals surface area contributed by atoms with E-state index < -0.39 is 11.6 Å². The van der Waals surface area contributed by atoms with Crippen LogP contribution in [-0.4, -0.2) is 60.8 Å². The molecule has 3 atom stereocenters. The third kappa shape index (κ3) is 6.45. The highest BCUT2D eigenvalue weighted by Gasteiger charge is 2.41. The van der Waals surface area contributed by atoms with Crippen molar-refractivity contribution < 1.29 is 18.4 Å². The second-order valence-electron chi connectivity index (χ2n) is 10.5. The van der Waals surface area contributed by atoms with Gasteiger partial charge in [-0.05, 0) is 62.8 Å². The Balaban J connectivity index is 1.93. The van der Waals surface area contributed by atoms with E-state index in [-0.39, 0.29) is 35.1 Å². The SMILES string of the molecule is C=CCCN(/C(=N/C)c1cc(F)c(-c2ccccc2F)nc1N(C=O)C1C(C)=CC=CC1C1CC1)C(C)CNC=O. The maximum Gasteiger partial charge on any atom is 0.215 e. The van der Waals surface area contributed by atoms with Gasteiger partial charge < -0.3 is 10.2 Å². The third-order valence-corrected chi connectivity index (χ3v) is 7.76. The Hall–Kier alpha value is -4.14. The molecule has 1 saturated carbocycles. The Bertz CT molecular complexity index is 1370. The Kier molecular flexibility index (Phi) is 9.81. The van der Waals surface area contributed by atoms with Gasteiger partial charge in [0.25, 0.3) is 0 Å². The van der Waals surface area contributed by atoms with Gasteiger partial charge in [0.05, 0.1) is 11.6 Å². The van der Waals surface area contributed by atoms with Gasteiger partial charge in [0, 0.05) is 37.7 Å². The lowest BCUT2D eigenvalue weighted by atomic mass is 9.84. The standard InChI is InChI=1S/C32H37F2N5O2/c1-5-6-16-38(22(3)18-36-19-40)31(35-4)26-17-28(34)29(25-11-7-8-13-27(25)33)37-32(26)39(20-41)30-21(2)10-9-12-24(30)23-14-15-23/h5,7-13,17,19-20,22-24,30H,1,6,14-16,18H2,2-4H3,(H,36,40)/b35-31+. The first kappa shape index (κ1) is 29.8. The molecule has 0 bridgehead atoms. The zero-order valence-corrected chi connectivity index (χ0v) is 23.8. The van der Waals surface area contributed by atoms with E-state index in [0.717, 1.165) is 24.8 Å². The summed E-state index contributed by atoms with van der Waals surface area (Å²) in [7, 11) is 1.59. The lowest BCUT2D eigenvalue weighted by molar-refractivity contribution is -0.110. The predicted octanol–water partition coefficient (Wildman–Crippen LogP) is 5.29. The fourth-order valence-electron chi connectivity index (χ4n) is 5.57. The van der Waals surface area contributed by atoms with E-state index in [9.17, 15) is 14.0 Å². The van der Waals surface area contributed by atoms with Gasteiger partial charge in [-0.3, -0.25) is 19.5 Å². The Morgan fingerprint density at radius 1 is 1.24 bits per heavy atom. The van der Waals surface area contributed by atoms with Crippen LogP contribution >= 0.6 is 0 Å². The van der Waals surface area contributed by atoms with Crippen molar-refractivity contribution in [3.05, 3.63) is 84.0 Å². The second kappa shape index (κ2) is 13.5. The number of rotatable bonds is 13. The van der Waals surface area contributed by atoms with Crippen molar-refractivity contribution in [1.82, 2.24) is 15.2 Å². The van der Waals surface area contributed by atoms with Gasteiger partial charge in [0.2, 0.25) is 12.8 Å². The van der Waals surface area contributed by atoms with Gasteiger partial charge in [0.1, 0.15) is 29.0 Å². The largest absolute Gasteiger partial charge is 0.357 e. The lowest BCUT2D eigenvalue weighted by Crippen LogP contribution is -2.47. The fraction of sp³-hybridized carbons (Fsp3) is 0.375. The summed E-state index contributed by atoms with van der Waals surface area (Å²) in [4.78, 5) is 36.7. The highest BCUT2D eigenvalue weighted by Crippen LogP contribution is 2.44. The number of nitrogens with one attached hydrogen (secondary N) is 1. The van der Waals surface area contributed by atoms with Crippen LogP contribution in [0.15, 0.2) is 71.8 Å². The van der Waals surface area contributed by atoms with Crippen LogP contribution in [0, 0.1) is 23.5 Å². The zero-order chi connectivity index (χ0) is 29.5. The van der Waals surface area contributed by atoms with Crippen LogP contribution in [-0.2, 0) is 9.59 Å². The molecule has 2 aliphatic carbocycles. The van der Waals surface area contributed by atoms with Crippen LogP contribution in [0.25, 0.3) is 11.3 Å². The zero-order valence-electron chi connectivity index (χ0n) is 23.8. The fourth-order valence-corrected chi connectivity index (χ4v) is 5.57. The minimum atomic E-state index is -0.738. The van der Waals surface area contributed by atoms with Crippen molar-refractivity contribution in [2.75, 3.05) is 25.0 Å². The van der Waals surface area contributed by atoms with Gasteiger partial charge in [0.15, 0.2) is 0 Å². The number of anilines is 1. The van der Waals surface area contributed by atoms with Gasteiger partial charge >= 0.3 is 0 Å². The predicted molar refractivity (Wildman–Crippen MR) is 159 cm³/mol. The summed E-state index contributed by atoms with van der Waals surface area (Å²) in [6.45, 7) is 8.51. The van der Waals surface area contributed by atoms with Crippen LogP contribution in [0.2, 0.25) is 0 Å². The molecule has 2 amide bonds. The average molecular weight is 562 g/mol. The van der Waals surface area contributed by atoms with E-state index in [1.54, 1.807) is 24.1 Å². The number of hydrogen-bond donors (Lipinski definition) is 1. The maximum absolute atomic E-state index is 15.9. The quantitative estimate of drug-likeness (QED) is 0.156. The van der Waals surface area contributed by atoms with E-state index in [4.69, 9.17) is 0 Å². The Morgan fingerprint density at radius 3 is 2.63 bits per heavy atom. The first-order valence-corrected chi connectivity index (χ1v) is 13.9. The maximum atomic E-state index is 15.9. The molecule has 7 nitrogen and oxygen atoms in total. The van der Waals surface area contributed by atoms with Crippen molar-refractivity contribution in [1.29, 1.82) is 0 Å². The molecule has 0 radical (unpaired) electrons. The van der Waals surface area contributed by atoms with Crippen molar-refractivity contribution in [2.24, 2.45) is 16.8 Å². The molecule has 1 aromatic heterocycles. The van der Waals surface area contributed by atoms with E-state index in [0.29, 0.717) is 43.2 Å². The van der Waals surface area contributed by atoms with Gasteiger partial charge in [-0.1, -0.05) is 36.4 Å². The number of aliphatic imine (C=N–C) groups is 1. The molecular weight excluding hydrogens is 524 g/mol. The number of allylic oxidation sites excluding steroid dienone is 2. The molecular formula is C32H37F2N5O2. The summed E-state index contributed by atoms with van der Waals surface area (Å²) >= 11 is 0. The normalized spacial score (nSPS) is 19.2. The number of benzene rings is 1. The molecule has 3 unspecified atom stereocenters. The average Bonchev–Trinajstić information content (AvgIpc) is 3.82. The van der Waals surface area contributed by atoms with Gasteiger partial charge in [-0.15, -0.1) is 6.58 Å². The first-order valence-electron chi connectivity index (χ1n) is 13.9. The highest BCUT2D eigenvalue weighted by atomic mass is 19.1. The first-order chi connectivity index (χ1) is 19.9. The van der Waals surface area contributed by atoms with Crippen LogP contribution in [0.3, 0.4) is 0 Å². The summed E-state index contributed by atoms with van der Waals surface area (Å²) in [5.74, 6) is -0.271. The number of pyridine rings is 1. The topological polar surface area (TPSA) is 77.9 Å². The molecule has 216 valence electrons. The molecule has 0 aliphatic heterocycles. The van der Waals surface area contributed by atoms with Crippen LogP contribution in [0.5, 0.6) is 0 Å². The van der Waals surface area contributed by atoms with Crippen molar-refractivity contribution in [3.8, 4) is 11.3 Å². The third-order valence-electron chi connectivity index (χ3n) is 7.76. The number of nitrogens with zero attached hydrogens (tertiary/aromatic N) is 4. The number of aromatic nitrogens is 1. The molecule has 1 fully saturated rings. The summed E-state index contributed by atoms with van der Waals surface area (Å²) < 4.78 is 30.8. The molecule has 2 aliphatic rings. The number of carbonyl (C=O) groups is 2. The number of halogens is 2. The number of amides is 2. The molecule has 4 rings (SSSR count). The Labute approximate surface area is 240 Å². The summed E-state index contributed by atoms with van der Waals surface area (Å²) in [6.07, 6.45) is 11.9. The number of hydrogen-bond acceptors (Lipinski definition) is 4. The summed E-state index contributed by atoms with van der Waals surface area (Å²) in [6, 6.07) is 6.57. The molecule has 0 saturated heterocycles. The van der Waals surface area contributed by atoms with Crippen molar-refractivity contribution in [2.45, 2.75) is 45.2 Å². The van der Waals surface area contributed by atoms with Gasteiger partial charge in [-0.2, -0.15) is 0 Å². The van der Waals surface area contributed by atoms with Crippen molar-refractivity contribution in [3.63, 3.8) is 0 Å². The molecule has 1 N–H and O–H groups in total. The minimum absolute atomic E-state index is 0.000229. The number of amidine groups is 1. The molecule has 1 heterocycles. The minimum Gasteiger partial charge on any atom is -0.357 e. The Morgan fingerprint density at radius 2 is 2.00 bits per heavy atom. The summed E-state index contributed by atoms with van der Waals surface area (Å²) in [5, 5.41) is 2.70. The molecule has 1 aromatic carbocycles. The van der Waals surface area contributed by atoms with E-state index >= 15 is 4.39 Å². The van der Waals surface area contributed by atoms with Crippen LogP contribution in [0.4, 0.5) is 14.6 Å². The highest BCUT2D eigenvalue weighted by molar-refractivity contribution is 6.05. The van der Waals surface area contributed by atoms with E-state index in [2.05, 4.69) is 27.9 Å². The molecule has 2 aromatic rings.